The Labute approximate surface area is 106 Å². The molecule has 1 aliphatic rings. The number of piperidine rings is 1. The molecule has 5 heteroatoms. The summed E-state index contributed by atoms with van der Waals surface area (Å²) in [4.78, 5) is 28.8. The number of carbonyl (C=O) groups is 2. The van der Waals surface area contributed by atoms with Crippen LogP contribution in [0.2, 0.25) is 0 Å². The average Bonchev–Trinajstić information content (AvgIpc) is 2.38. The van der Waals surface area contributed by atoms with Gasteiger partial charge in [-0.05, 0) is 30.9 Å². The molecule has 0 radical (unpaired) electrons. The fourth-order valence-corrected chi connectivity index (χ4v) is 2.22. The predicted molar refractivity (Wildman–Crippen MR) is 67.1 cm³/mol. The minimum atomic E-state index is -0.583. The van der Waals surface area contributed by atoms with Crippen molar-refractivity contribution in [3.8, 4) is 0 Å². The van der Waals surface area contributed by atoms with Crippen LogP contribution in [0.3, 0.4) is 0 Å². The maximum absolute atomic E-state index is 12.2. The van der Waals surface area contributed by atoms with Crippen LogP contribution >= 0.6 is 0 Å². The van der Waals surface area contributed by atoms with E-state index in [1.165, 1.54) is 18.7 Å². The molecule has 5 nitrogen and oxygen atoms in total. The number of pyridine rings is 1. The molecule has 0 aromatic carbocycles. The zero-order chi connectivity index (χ0) is 13.1. The Morgan fingerprint density at radius 2 is 2.22 bits per heavy atom. The van der Waals surface area contributed by atoms with Gasteiger partial charge in [0.1, 0.15) is 5.69 Å². The van der Waals surface area contributed by atoms with Gasteiger partial charge in [0.25, 0.3) is 11.8 Å². The molecule has 2 rings (SSSR count). The summed E-state index contributed by atoms with van der Waals surface area (Å²) < 4.78 is 0. The van der Waals surface area contributed by atoms with Crippen molar-refractivity contribution in [2.75, 3.05) is 13.1 Å². The van der Waals surface area contributed by atoms with E-state index in [0.29, 0.717) is 11.5 Å². The molecular formula is C13H17N3O2. The smallest absolute Gasteiger partial charge is 0.267 e. The van der Waals surface area contributed by atoms with E-state index in [9.17, 15) is 9.59 Å². The molecule has 1 aliphatic heterocycles. The van der Waals surface area contributed by atoms with Crippen molar-refractivity contribution in [2.24, 2.45) is 11.7 Å². The minimum Gasteiger partial charge on any atom is -0.364 e. The Bertz CT molecular complexity index is 456. The first-order chi connectivity index (χ1) is 8.58. The first-order valence-corrected chi connectivity index (χ1v) is 6.13. The Morgan fingerprint density at radius 3 is 2.78 bits per heavy atom. The van der Waals surface area contributed by atoms with Gasteiger partial charge in [0.15, 0.2) is 0 Å². The quantitative estimate of drug-likeness (QED) is 0.848. The van der Waals surface area contributed by atoms with E-state index in [2.05, 4.69) is 11.9 Å². The zero-order valence-electron chi connectivity index (χ0n) is 10.4. The molecule has 1 saturated heterocycles. The second-order valence-electron chi connectivity index (χ2n) is 4.79. The Morgan fingerprint density at radius 1 is 1.44 bits per heavy atom. The van der Waals surface area contributed by atoms with E-state index in [0.717, 1.165) is 19.5 Å². The summed E-state index contributed by atoms with van der Waals surface area (Å²) in [5, 5.41) is 0. The second kappa shape index (κ2) is 5.16. The van der Waals surface area contributed by atoms with E-state index in [1.54, 1.807) is 6.07 Å². The lowest BCUT2D eigenvalue weighted by Gasteiger charge is -2.30. The molecular weight excluding hydrogens is 230 g/mol. The van der Waals surface area contributed by atoms with Gasteiger partial charge in [-0.25, -0.2) is 0 Å². The Kier molecular flexibility index (Phi) is 3.60. The highest BCUT2D eigenvalue weighted by atomic mass is 16.2. The van der Waals surface area contributed by atoms with Crippen molar-refractivity contribution in [2.45, 2.75) is 19.8 Å². The first kappa shape index (κ1) is 12.5. The van der Waals surface area contributed by atoms with Gasteiger partial charge in [-0.3, -0.25) is 14.6 Å². The number of nitrogens with two attached hydrogens (primary N) is 1. The highest BCUT2D eigenvalue weighted by Gasteiger charge is 2.22. The number of rotatable bonds is 2. The average molecular weight is 247 g/mol. The third-order valence-corrected chi connectivity index (χ3v) is 3.21. The molecule has 2 N–H and O–H groups in total. The van der Waals surface area contributed by atoms with Crippen molar-refractivity contribution in [3.63, 3.8) is 0 Å². The predicted octanol–water partition coefficient (Wildman–Crippen LogP) is 1.05. The van der Waals surface area contributed by atoms with Crippen LogP contribution in [0, 0.1) is 5.92 Å². The third kappa shape index (κ3) is 2.67. The molecule has 0 saturated carbocycles. The lowest BCUT2D eigenvalue weighted by molar-refractivity contribution is 0.0682. The topological polar surface area (TPSA) is 76.3 Å². The summed E-state index contributed by atoms with van der Waals surface area (Å²) in [5.41, 5.74) is 5.79. The van der Waals surface area contributed by atoms with E-state index in [-0.39, 0.29) is 11.6 Å². The molecule has 0 spiro atoms. The van der Waals surface area contributed by atoms with Crippen LogP contribution in [0.5, 0.6) is 0 Å². The molecule has 1 aromatic heterocycles. The van der Waals surface area contributed by atoms with Gasteiger partial charge >= 0.3 is 0 Å². The molecule has 0 bridgehead atoms. The summed E-state index contributed by atoms with van der Waals surface area (Å²) >= 11 is 0. The van der Waals surface area contributed by atoms with Crippen molar-refractivity contribution < 1.29 is 9.59 Å². The fraction of sp³-hybridized carbons (Fsp3) is 0.462. The second-order valence-corrected chi connectivity index (χ2v) is 4.79. The van der Waals surface area contributed by atoms with E-state index in [4.69, 9.17) is 5.73 Å². The van der Waals surface area contributed by atoms with Gasteiger partial charge in [-0.2, -0.15) is 0 Å². The minimum absolute atomic E-state index is 0.0231. The van der Waals surface area contributed by atoms with Crippen LogP contribution in [0.1, 0.15) is 40.6 Å². The largest absolute Gasteiger partial charge is 0.364 e. The van der Waals surface area contributed by atoms with Crippen LogP contribution in [0.4, 0.5) is 0 Å². The fourth-order valence-electron chi connectivity index (χ4n) is 2.22. The van der Waals surface area contributed by atoms with Gasteiger partial charge in [0.05, 0.1) is 5.56 Å². The van der Waals surface area contributed by atoms with Crippen molar-refractivity contribution in [1.29, 1.82) is 0 Å². The monoisotopic (exact) mass is 247 g/mol. The summed E-state index contributed by atoms with van der Waals surface area (Å²) in [6.45, 7) is 3.73. The van der Waals surface area contributed by atoms with Crippen LogP contribution in [-0.2, 0) is 0 Å². The summed E-state index contributed by atoms with van der Waals surface area (Å²) in [6.07, 6.45) is 3.63. The van der Waals surface area contributed by atoms with Gasteiger partial charge in [-0.15, -0.1) is 0 Å². The van der Waals surface area contributed by atoms with Crippen molar-refractivity contribution in [3.05, 3.63) is 29.6 Å². The first-order valence-electron chi connectivity index (χ1n) is 6.13. The highest BCUT2D eigenvalue weighted by molar-refractivity contribution is 5.95. The molecule has 2 amide bonds. The molecule has 1 fully saturated rings. The molecule has 1 unspecified atom stereocenters. The van der Waals surface area contributed by atoms with Gasteiger partial charge in [0.2, 0.25) is 0 Å². The Balaban J connectivity index is 2.10. The zero-order valence-corrected chi connectivity index (χ0v) is 10.4. The lowest BCUT2D eigenvalue weighted by Crippen LogP contribution is -2.39. The van der Waals surface area contributed by atoms with E-state index >= 15 is 0 Å². The van der Waals surface area contributed by atoms with Gasteiger partial charge in [-0.1, -0.05) is 6.92 Å². The number of primary amides is 1. The third-order valence-electron chi connectivity index (χ3n) is 3.21. The molecule has 0 aliphatic carbocycles. The van der Waals surface area contributed by atoms with Crippen LogP contribution < -0.4 is 5.73 Å². The maximum Gasteiger partial charge on any atom is 0.267 e. The number of amides is 2. The SMILES string of the molecule is CC1CCCN(C(=O)c2ccc(C(N)=O)nc2)C1. The molecule has 2 heterocycles. The number of carbonyl (C=O) groups excluding carboxylic acids is 2. The highest BCUT2D eigenvalue weighted by Crippen LogP contribution is 2.17. The number of hydrogen-bond acceptors (Lipinski definition) is 3. The molecule has 1 atom stereocenters. The maximum atomic E-state index is 12.2. The van der Waals surface area contributed by atoms with Crippen molar-refractivity contribution >= 4 is 11.8 Å². The lowest BCUT2D eigenvalue weighted by atomic mass is 10.00. The standard InChI is InChI=1S/C13H17N3O2/c1-9-3-2-6-16(8-9)13(18)10-4-5-11(12(14)17)15-7-10/h4-5,7,9H,2-3,6,8H2,1H3,(H2,14,17). The summed E-state index contributed by atoms with van der Waals surface area (Å²) in [6, 6.07) is 3.09. The van der Waals surface area contributed by atoms with Crippen molar-refractivity contribution in [1.82, 2.24) is 9.88 Å². The van der Waals surface area contributed by atoms with E-state index in [1.807, 2.05) is 4.90 Å². The Hall–Kier alpha value is -1.91. The summed E-state index contributed by atoms with van der Waals surface area (Å²) in [7, 11) is 0. The number of hydrogen-bond donors (Lipinski definition) is 1. The van der Waals surface area contributed by atoms with Crippen LogP contribution in [0.25, 0.3) is 0 Å². The molecule has 1 aromatic rings. The van der Waals surface area contributed by atoms with Crippen LogP contribution in [0.15, 0.2) is 18.3 Å². The van der Waals surface area contributed by atoms with E-state index < -0.39 is 5.91 Å². The van der Waals surface area contributed by atoms with Gasteiger partial charge < -0.3 is 10.6 Å². The normalized spacial score (nSPS) is 19.6. The van der Waals surface area contributed by atoms with Crippen LogP contribution in [-0.4, -0.2) is 34.8 Å². The molecule has 18 heavy (non-hydrogen) atoms. The number of nitrogens with zero attached hydrogens (tertiary/aromatic N) is 2. The molecule has 96 valence electrons. The number of likely N-dealkylation sites (tertiary alicyclic amines) is 1. The summed E-state index contributed by atoms with van der Waals surface area (Å²) in [5.74, 6) is -0.0637. The number of aromatic nitrogens is 1. The van der Waals surface area contributed by atoms with Gasteiger partial charge in [0, 0.05) is 19.3 Å².